The van der Waals surface area contributed by atoms with Crippen LogP contribution in [0.25, 0.3) is 72.0 Å². The summed E-state index contributed by atoms with van der Waals surface area (Å²) in [7, 11) is 0. The number of hydrogen-bond acceptors (Lipinski definition) is 1. The topological polar surface area (TPSA) is 8.17 Å². The molecule has 0 saturated heterocycles. The van der Waals surface area contributed by atoms with Gasteiger partial charge in [-0.1, -0.05) is 152 Å². The van der Waals surface area contributed by atoms with Crippen molar-refractivity contribution in [3.8, 4) is 50.2 Å². The molecular weight excluding hydrogens is 797 g/mol. The van der Waals surface area contributed by atoms with E-state index in [0.29, 0.717) is 0 Å². The molecule has 0 unspecified atom stereocenters. The maximum atomic E-state index is 2.54. The van der Waals surface area contributed by atoms with E-state index in [0.717, 1.165) is 46.4 Å². The predicted octanol–water partition coefficient (Wildman–Crippen LogP) is 17.0. The number of hydrogen-bond donors (Lipinski definition) is 0. The first kappa shape index (κ1) is 37.9. The smallest absolute Gasteiger partial charge is 0.0541 e. The van der Waals surface area contributed by atoms with Crippen molar-refractivity contribution in [1.29, 1.82) is 0 Å². The number of para-hydroxylation sites is 2. The zero-order valence-corrected chi connectivity index (χ0v) is 37.0. The van der Waals surface area contributed by atoms with E-state index in [1.54, 1.807) is 11.1 Å². The SMILES string of the molecule is c1ccc(-c2ccc(N(c3ccc(-c4ccc(-c5ccc6c(c5)-c5ccccc5C65C6CC7CC(C6)CC5C7)cc4)cc3)c3ccc(-n4c5ccccc5c5ccccc54)cc3)cc2)cc1. The molecule has 0 aliphatic heterocycles. The van der Waals surface area contributed by atoms with E-state index >= 15 is 0 Å². The van der Waals surface area contributed by atoms with Gasteiger partial charge in [-0.05, 0) is 178 Å². The summed E-state index contributed by atoms with van der Waals surface area (Å²) in [5, 5.41) is 2.54. The van der Waals surface area contributed by atoms with Crippen LogP contribution in [0.2, 0.25) is 0 Å². The maximum Gasteiger partial charge on any atom is 0.0541 e. The molecule has 5 aliphatic rings. The molecule has 2 heteroatoms. The lowest BCUT2D eigenvalue weighted by Gasteiger charge is -2.61. The van der Waals surface area contributed by atoms with Gasteiger partial charge in [-0.15, -0.1) is 0 Å². The molecule has 4 fully saturated rings. The van der Waals surface area contributed by atoms with E-state index in [-0.39, 0.29) is 5.41 Å². The third kappa shape index (κ3) is 5.73. The molecule has 4 saturated carbocycles. The third-order valence-corrected chi connectivity index (χ3v) is 16.4. The number of anilines is 3. The first-order chi connectivity index (χ1) is 32.7. The first-order valence-electron chi connectivity index (χ1n) is 24.2. The van der Waals surface area contributed by atoms with Gasteiger partial charge in [0.1, 0.15) is 0 Å². The molecule has 2 nitrogen and oxygen atoms in total. The molecule has 1 spiro atoms. The quantitative estimate of drug-likeness (QED) is 0.155. The van der Waals surface area contributed by atoms with Gasteiger partial charge >= 0.3 is 0 Å². The van der Waals surface area contributed by atoms with Crippen molar-refractivity contribution in [1.82, 2.24) is 4.57 Å². The van der Waals surface area contributed by atoms with E-state index in [9.17, 15) is 0 Å². The van der Waals surface area contributed by atoms with Crippen molar-refractivity contribution < 1.29 is 0 Å². The second-order valence-electron chi connectivity index (χ2n) is 19.7. The summed E-state index contributed by atoms with van der Waals surface area (Å²) in [6.45, 7) is 0. The fourth-order valence-corrected chi connectivity index (χ4v) is 13.8. The standard InChI is InChI=1S/C64H50N2/c1-2-10-44(11-3-1)46-22-27-52(28-23-46)65(54-31-33-55(34-32-54)66-62-16-8-5-13-57(62)58-14-6-9-17-63(58)66)53-29-24-47(25-30-53)45-18-20-48(21-19-45)49-26-35-61-59(41-49)56-12-4-7-15-60(56)64(61)50-37-42-36-43(39-50)40-51(64)38-42/h1-35,41-43,50-51H,36-40H2. The van der Waals surface area contributed by atoms with Crippen LogP contribution in [0.15, 0.2) is 218 Å². The molecular formula is C64H50N2. The van der Waals surface area contributed by atoms with Crippen molar-refractivity contribution >= 4 is 38.9 Å². The van der Waals surface area contributed by atoms with Gasteiger partial charge in [0.2, 0.25) is 0 Å². The number of benzene rings is 9. The Bertz CT molecular complexity index is 3370. The molecule has 0 atom stereocenters. The monoisotopic (exact) mass is 846 g/mol. The van der Waals surface area contributed by atoms with Crippen LogP contribution in [-0.4, -0.2) is 4.57 Å². The summed E-state index contributed by atoms with van der Waals surface area (Å²) in [5.74, 6) is 3.49. The summed E-state index contributed by atoms with van der Waals surface area (Å²) < 4.78 is 2.38. The molecule has 316 valence electrons. The predicted molar refractivity (Wildman–Crippen MR) is 275 cm³/mol. The average molecular weight is 847 g/mol. The van der Waals surface area contributed by atoms with Gasteiger partial charge in [0.25, 0.3) is 0 Å². The molecule has 1 heterocycles. The number of aromatic nitrogens is 1. The molecule has 15 rings (SSSR count). The van der Waals surface area contributed by atoms with Crippen LogP contribution in [0.4, 0.5) is 17.1 Å². The molecule has 4 bridgehead atoms. The Balaban J connectivity index is 0.786. The molecule has 66 heavy (non-hydrogen) atoms. The highest BCUT2D eigenvalue weighted by molar-refractivity contribution is 6.09. The normalized spacial score (nSPS) is 21.1. The lowest BCUT2D eigenvalue weighted by molar-refractivity contribution is -0.0399. The Hall–Kier alpha value is -7.42. The fourth-order valence-electron chi connectivity index (χ4n) is 13.8. The minimum Gasteiger partial charge on any atom is -0.311 e. The molecule has 1 aromatic heterocycles. The first-order valence-corrected chi connectivity index (χ1v) is 24.2. The van der Waals surface area contributed by atoms with Crippen LogP contribution in [-0.2, 0) is 5.41 Å². The van der Waals surface area contributed by atoms with Crippen LogP contribution in [0.5, 0.6) is 0 Å². The lowest BCUT2D eigenvalue weighted by Crippen LogP contribution is -2.55. The van der Waals surface area contributed by atoms with Crippen molar-refractivity contribution in [2.24, 2.45) is 23.7 Å². The van der Waals surface area contributed by atoms with Gasteiger partial charge in [-0.2, -0.15) is 0 Å². The summed E-state index contributed by atoms with van der Waals surface area (Å²) in [6, 6.07) is 81.4. The van der Waals surface area contributed by atoms with Gasteiger partial charge in [0.05, 0.1) is 11.0 Å². The Morgan fingerprint density at radius 2 is 0.773 bits per heavy atom. The third-order valence-electron chi connectivity index (χ3n) is 16.4. The van der Waals surface area contributed by atoms with Gasteiger partial charge in [0.15, 0.2) is 0 Å². The second kappa shape index (κ2) is 14.8. The molecule has 0 radical (unpaired) electrons. The summed E-state index contributed by atoms with van der Waals surface area (Å²) in [4.78, 5) is 2.37. The van der Waals surface area contributed by atoms with Crippen LogP contribution in [0.3, 0.4) is 0 Å². The minimum atomic E-state index is 0.214. The van der Waals surface area contributed by atoms with E-state index in [1.807, 2.05) is 0 Å². The van der Waals surface area contributed by atoms with E-state index < -0.39 is 0 Å². The highest BCUT2D eigenvalue weighted by Gasteiger charge is 2.61. The van der Waals surface area contributed by atoms with Gasteiger partial charge < -0.3 is 9.47 Å². The summed E-state index contributed by atoms with van der Waals surface area (Å²) in [5.41, 5.74) is 20.8. The average Bonchev–Trinajstić information content (AvgIpc) is 3.87. The number of fused-ring (bicyclic) bond motifs is 6. The van der Waals surface area contributed by atoms with Crippen LogP contribution in [0.1, 0.15) is 43.2 Å². The molecule has 0 N–H and O–H groups in total. The van der Waals surface area contributed by atoms with Gasteiger partial charge in [0, 0.05) is 38.9 Å². The Kier molecular flexibility index (Phi) is 8.50. The molecule has 5 aliphatic carbocycles. The highest BCUT2D eigenvalue weighted by Crippen LogP contribution is 2.69. The van der Waals surface area contributed by atoms with Gasteiger partial charge in [-0.3, -0.25) is 0 Å². The second-order valence-corrected chi connectivity index (χ2v) is 19.7. The van der Waals surface area contributed by atoms with E-state index in [4.69, 9.17) is 0 Å². The Morgan fingerprint density at radius 1 is 0.348 bits per heavy atom. The van der Waals surface area contributed by atoms with E-state index in [1.165, 1.54) is 98.4 Å². The summed E-state index contributed by atoms with van der Waals surface area (Å²) in [6.07, 6.45) is 7.16. The molecule has 0 amide bonds. The summed E-state index contributed by atoms with van der Waals surface area (Å²) >= 11 is 0. The number of nitrogens with zero attached hydrogens (tertiary/aromatic N) is 2. The Morgan fingerprint density at radius 3 is 1.35 bits per heavy atom. The highest BCUT2D eigenvalue weighted by atomic mass is 15.1. The number of rotatable bonds is 7. The van der Waals surface area contributed by atoms with Crippen molar-refractivity contribution in [3.05, 3.63) is 230 Å². The van der Waals surface area contributed by atoms with Crippen LogP contribution < -0.4 is 4.90 Å². The minimum absolute atomic E-state index is 0.214. The van der Waals surface area contributed by atoms with Gasteiger partial charge in [-0.25, -0.2) is 0 Å². The molecule has 10 aromatic rings. The Labute approximate surface area is 387 Å². The van der Waals surface area contributed by atoms with E-state index in [2.05, 4.69) is 228 Å². The van der Waals surface area contributed by atoms with Crippen LogP contribution in [0, 0.1) is 23.7 Å². The van der Waals surface area contributed by atoms with Crippen LogP contribution >= 0.6 is 0 Å². The maximum absolute atomic E-state index is 2.54. The fraction of sp³-hybridized carbons (Fsp3) is 0.156. The van der Waals surface area contributed by atoms with Crippen molar-refractivity contribution in [3.63, 3.8) is 0 Å². The molecule has 9 aromatic carbocycles. The van der Waals surface area contributed by atoms with Crippen molar-refractivity contribution in [2.75, 3.05) is 4.90 Å². The lowest BCUT2D eigenvalue weighted by atomic mass is 9.43. The van der Waals surface area contributed by atoms with Crippen molar-refractivity contribution in [2.45, 2.75) is 37.5 Å². The zero-order valence-electron chi connectivity index (χ0n) is 37.0. The largest absolute Gasteiger partial charge is 0.311 e. The zero-order chi connectivity index (χ0) is 43.3.